The topological polar surface area (TPSA) is 156 Å². The van der Waals surface area contributed by atoms with Crippen molar-refractivity contribution in [3.05, 3.63) is 0 Å². The molecule has 0 unspecified atom stereocenters. The summed E-state index contributed by atoms with van der Waals surface area (Å²) in [7, 11) is 0. The number of aliphatic carboxylic acids is 1. The molecule has 0 heterocycles. The van der Waals surface area contributed by atoms with E-state index < -0.39 is 5.97 Å². The van der Waals surface area contributed by atoms with Gasteiger partial charge in [0.05, 0.1) is 139 Å². The molecule has 316 valence electrons. The van der Waals surface area contributed by atoms with Crippen LogP contribution in [0.2, 0.25) is 0 Å². The second kappa shape index (κ2) is 46.7. The number of carbonyl (C=O) groups is 2. The summed E-state index contributed by atoms with van der Waals surface area (Å²) in [4.78, 5) is 22.2. The van der Waals surface area contributed by atoms with E-state index >= 15 is 0 Å². The Morgan fingerprint density at radius 3 is 0.849 bits per heavy atom. The van der Waals surface area contributed by atoms with Crippen LogP contribution in [0.3, 0.4) is 0 Å². The average Bonchev–Trinajstić information content (AvgIpc) is 3.15. The average molecular weight is 769 g/mol. The number of carbonyl (C=O) groups excluding carboxylic acids is 1. The molecule has 0 radical (unpaired) electrons. The summed E-state index contributed by atoms with van der Waals surface area (Å²) >= 11 is 0. The van der Waals surface area contributed by atoms with Crippen molar-refractivity contribution in [2.24, 2.45) is 0 Å². The summed E-state index contributed by atoms with van der Waals surface area (Å²) in [5, 5.41) is 8.50. The zero-order chi connectivity index (χ0) is 38.4. The van der Waals surface area contributed by atoms with Crippen LogP contribution in [0.1, 0.15) is 103 Å². The third-order valence-corrected chi connectivity index (χ3v) is 7.78. The first kappa shape index (κ1) is 51.5. The lowest BCUT2D eigenvalue weighted by Crippen LogP contribution is -2.15. The SMILES string of the molecule is CCCCCCCCCCCCCCCC(=O)OCCOCCOCCOCCOCCOCCOCCOCCOCCOCCOCCC(=O)O. The molecule has 0 bridgehead atoms. The first-order valence-electron chi connectivity index (χ1n) is 20.3. The molecule has 0 fully saturated rings. The Morgan fingerprint density at radius 1 is 0.321 bits per heavy atom. The van der Waals surface area contributed by atoms with Crippen LogP contribution in [-0.4, -0.2) is 156 Å². The number of unbranched alkanes of at least 4 members (excludes halogenated alkanes) is 12. The molecule has 0 aromatic rings. The molecule has 0 amide bonds. The Balaban J connectivity index is 3.13. The van der Waals surface area contributed by atoms with Gasteiger partial charge in [-0.25, -0.2) is 0 Å². The summed E-state index contributed by atoms with van der Waals surface area (Å²) in [5.74, 6) is -1.01. The minimum atomic E-state index is -0.875. The van der Waals surface area contributed by atoms with Gasteiger partial charge in [0.25, 0.3) is 0 Å². The predicted molar refractivity (Wildman–Crippen MR) is 202 cm³/mol. The van der Waals surface area contributed by atoms with Crippen LogP contribution >= 0.6 is 0 Å². The van der Waals surface area contributed by atoms with Crippen molar-refractivity contribution in [3.8, 4) is 0 Å². The fraction of sp³-hybridized carbons (Fsp3) is 0.949. The third kappa shape index (κ3) is 48.5. The van der Waals surface area contributed by atoms with Crippen LogP contribution in [0.5, 0.6) is 0 Å². The van der Waals surface area contributed by atoms with Gasteiger partial charge in [-0.15, -0.1) is 0 Å². The predicted octanol–water partition coefficient (Wildman–Crippen LogP) is 5.65. The number of carboxylic acids is 1. The van der Waals surface area contributed by atoms with E-state index in [9.17, 15) is 9.59 Å². The van der Waals surface area contributed by atoms with Crippen molar-refractivity contribution in [1.29, 1.82) is 0 Å². The molecule has 0 aliphatic carbocycles. The molecule has 1 N–H and O–H groups in total. The van der Waals surface area contributed by atoms with Crippen LogP contribution in [0, 0.1) is 0 Å². The highest BCUT2D eigenvalue weighted by atomic mass is 16.6. The highest BCUT2D eigenvalue weighted by molar-refractivity contribution is 5.69. The zero-order valence-electron chi connectivity index (χ0n) is 33.2. The second-order valence-corrected chi connectivity index (χ2v) is 12.5. The van der Waals surface area contributed by atoms with Crippen LogP contribution in [0.4, 0.5) is 0 Å². The van der Waals surface area contributed by atoms with Crippen molar-refractivity contribution in [2.75, 3.05) is 139 Å². The van der Waals surface area contributed by atoms with E-state index in [0.717, 1.165) is 12.8 Å². The first-order chi connectivity index (χ1) is 26.2. The van der Waals surface area contributed by atoms with Gasteiger partial charge in [0, 0.05) is 6.42 Å². The molecule has 0 atom stereocenters. The Kier molecular flexibility index (Phi) is 45.4. The van der Waals surface area contributed by atoms with Crippen molar-refractivity contribution in [3.63, 3.8) is 0 Å². The van der Waals surface area contributed by atoms with Crippen molar-refractivity contribution in [1.82, 2.24) is 0 Å². The monoisotopic (exact) mass is 769 g/mol. The molecular weight excluding hydrogens is 692 g/mol. The van der Waals surface area contributed by atoms with Gasteiger partial charge in [0.1, 0.15) is 6.61 Å². The number of hydrogen-bond donors (Lipinski definition) is 1. The lowest BCUT2D eigenvalue weighted by atomic mass is 10.0. The molecule has 0 spiro atoms. The van der Waals surface area contributed by atoms with Gasteiger partial charge >= 0.3 is 11.9 Å². The zero-order valence-corrected chi connectivity index (χ0v) is 33.2. The first-order valence-corrected chi connectivity index (χ1v) is 20.3. The Labute approximate surface area is 320 Å². The number of carboxylic acid groups (broad SMARTS) is 1. The van der Waals surface area contributed by atoms with Crippen LogP contribution in [0.25, 0.3) is 0 Å². The molecule has 0 aliphatic rings. The van der Waals surface area contributed by atoms with Gasteiger partial charge in [-0.05, 0) is 6.42 Å². The molecule has 14 heteroatoms. The largest absolute Gasteiger partial charge is 0.481 e. The molecule has 0 aliphatic heterocycles. The lowest BCUT2D eigenvalue weighted by Gasteiger charge is -2.09. The molecular formula is C39H76O14. The van der Waals surface area contributed by atoms with Crippen molar-refractivity contribution >= 4 is 11.9 Å². The summed E-state index contributed by atoms with van der Waals surface area (Å²) in [5.41, 5.74) is 0. The maximum absolute atomic E-state index is 11.9. The smallest absolute Gasteiger partial charge is 0.305 e. The van der Waals surface area contributed by atoms with Gasteiger partial charge in [-0.1, -0.05) is 84.0 Å². The van der Waals surface area contributed by atoms with E-state index in [-0.39, 0.29) is 25.6 Å². The fourth-order valence-corrected chi connectivity index (χ4v) is 4.81. The highest BCUT2D eigenvalue weighted by Gasteiger charge is 2.03. The summed E-state index contributed by atoms with van der Waals surface area (Å²) in [6, 6.07) is 0. The van der Waals surface area contributed by atoms with E-state index in [2.05, 4.69) is 6.92 Å². The second-order valence-electron chi connectivity index (χ2n) is 12.5. The number of esters is 1. The highest BCUT2D eigenvalue weighted by Crippen LogP contribution is 2.13. The summed E-state index contributed by atoms with van der Waals surface area (Å²) < 4.78 is 59.4. The van der Waals surface area contributed by atoms with Crippen molar-refractivity contribution < 1.29 is 66.8 Å². The quantitative estimate of drug-likeness (QED) is 0.0599. The number of rotatable bonds is 47. The molecule has 53 heavy (non-hydrogen) atoms. The maximum atomic E-state index is 11.9. The lowest BCUT2D eigenvalue weighted by molar-refractivity contribution is -0.145. The Hall–Kier alpha value is -1.46. The van der Waals surface area contributed by atoms with E-state index in [4.69, 9.17) is 57.2 Å². The number of ether oxygens (including phenoxy) is 11. The number of hydrogen-bond acceptors (Lipinski definition) is 13. The summed E-state index contributed by atoms with van der Waals surface area (Å²) in [6.07, 6.45) is 17.3. The molecule has 0 aromatic heterocycles. The summed E-state index contributed by atoms with van der Waals surface area (Å²) in [6.45, 7) is 11.5. The standard InChI is InChI=1S/C39H76O14/c1-2-3-4-5-6-7-8-9-10-11-12-13-14-15-39(42)53-37-36-52-35-34-51-33-32-50-31-30-49-29-28-48-27-26-47-25-24-46-23-22-45-21-20-44-19-18-43-17-16-38(40)41/h2-37H2,1H3,(H,40,41). The molecule has 0 saturated heterocycles. The van der Waals surface area contributed by atoms with Crippen LogP contribution in [0.15, 0.2) is 0 Å². The van der Waals surface area contributed by atoms with E-state index in [1.807, 2.05) is 0 Å². The van der Waals surface area contributed by atoms with Gasteiger partial charge < -0.3 is 57.2 Å². The van der Waals surface area contributed by atoms with E-state index in [1.165, 1.54) is 70.6 Å². The third-order valence-electron chi connectivity index (χ3n) is 7.78. The fourth-order valence-electron chi connectivity index (χ4n) is 4.81. The van der Waals surface area contributed by atoms with Crippen molar-refractivity contribution in [2.45, 2.75) is 103 Å². The van der Waals surface area contributed by atoms with Gasteiger partial charge in [0.15, 0.2) is 0 Å². The Morgan fingerprint density at radius 2 is 0.566 bits per heavy atom. The minimum absolute atomic E-state index is 0.00385. The Bertz CT molecular complexity index is 730. The van der Waals surface area contributed by atoms with Gasteiger partial charge in [-0.3, -0.25) is 9.59 Å². The minimum Gasteiger partial charge on any atom is -0.481 e. The molecule has 0 rings (SSSR count). The van der Waals surface area contributed by atoms with Crippen LogP contribution < -0.4 is 0 Å². The molecule has 0 saturated carbocycles. The van der Waals surface area contributed by atoms with Gasteiger partial charge in [0.2, 0.25) is 0 Å². The molecule has 0 aromatic carbocycles. The molecule has 14 nitrogen and oxygen atoms in total. The maximum Gasteiger partial charge on any atom is 0.305 e. The van der Waals surface area contributed by atoms with Crippen LogP contribution in [-0.2, 0) is 61.7 Å². The van der Waals surface area contributed by atoms with Gasteiger partial charge in [-0.2, -0.15) is 0 Å². The normalized spacial score (nSPS) is 11.4. The van der Waals surface area contributed by atoms with E-state index in [0.29, 0.717) is 132 Å². The van der Waals surface area contributed by atoms with E-state index in [1.54, 1.807) is 0 Å².